The molecule has 0 atom stereocenters. The van der Waals surface area contributed by atoms with E-state index in [0.717, 1.165) is 4.90 Å². The number of hydrogen-bond donors (Lipinski definition) is 2. The summed E-state index contributed by atoms with van der Waals surface area (Å²) >= 11 is 0. The zero-order chi connectivity index (χ0) is 25.7. The van der Waals surface area contributed by atoms with E-state index in [1.807, 2.05) is 0 Å². The molecule has 182 valence electrons. The number of benzene rings is 3. The van der Waals surface area contributed by atoms with Crippen LogP contribution in [0.4, 0.5) is 16.2 Å². The van der Waals surface area contributed by atoms with Gasteiger partial charge in [0.25, 0.3) is 11.8 Å². The van der Waals surface area contributed by atoms with E-state index in [2.05, 4.69) is 10.6 Å². The summed E-state index contributed by atoms with van der Waals surface area (Å²) in [6.07, 6.45) is 1.42. The molecular formula is C27H23N3O6. The Morgan fingerprint density at radius 3 is 2.39 bits per heavy atom. The highest BCUT2D eigenvalue weighted by molar-refractivity contribution is 6.39. The predicted molar refractivity (Wildman–Crippen MR) is 134 cm³/mol. The van der Waals surface area contributed by atoms with Gasteiger partial charge in [-0.25, -0.2) is 9.69 Å². The van der Waals surface area contributed by atoms with Gasteiger partial charge in [0.1, 0.15) is 23.7 Å². The van der Waals surface area contributed by atoms with Gasteiger partial charge in [-0.2, -0.15) is 0 Å². The van der Waals surface area contributed by atoms with E-state index in [1.165, 1.54) is 20.1 Å². The van der Waals surface area contributed by atoms with Crippen LogP contribution in [0, 0.1) is 0 Å². The summed E-state index contributed by atoms with van der Waals surface area (Å²) < 4.78 is 11.3. The van der Waals surface area contributed by atoms with E-state index >= 15 is 0 Å². The quantitative estimate of drug-likeness (QED) is 0.388. The van der Waals surface area contributed by atoms with Crippen LogP contribution in [0.5, 0.6) is 11.5 Å². The lowest BCUT2D eigenvalue weighted by atomic mass is 10.0. The number of para-hydroxylation sites is 1. The number of urea groups is 1. The number of carbonyl (C=O) groups excluding carboxylic acids is 4. The van der Waals surface area contributed by atoms with E-state index in [9.17, 15) is 19.2 Å². The number of nitrogens with zero attached hydrogens (tertiary/aromatic N) is 1. The third-order valence-electron chi connectivity index (χ3n) is 5.30. The summed E-state index contributed by atoms with van der Waals surface area (Å²) in [5.41, 5.74) is 2.06. The second-order valence-corrected chi connectivity index (χ2v) is 7.86. The van der Waals surface area contributed by atoms with Crippen LogP contribution in [0.25, 0.3) is 6.08 Å². The largest absolute Gasteiger partial charge is 0.496 e. The van der Waals surface area contributed by atoms with Crippen molar-refractivity contribution in [1.29, 1.82) is 0 Å². The van der Waals surface area contributed by atoms with Gasteiger partial charge in [-0.1, -0.05) is 24.3 Å². The minimum absolute atomic E-state index is 0.147. The zero-order valence-electron chi connectivity index (χ0n) is 19.6. The Balaban J connectivity index is 1.56. The van der Waals surface area contributed by atoms with Gasteiger partial charge in [-0.15, -0.1) is 0 Å². The SMILES string of the molecule is COc1ccc(C=C2C(=O)NC(=O)N(c3ccccc3)C2=O)cc1COc1ccc(NC(C)=O)cc1. The molecule has 1 saturated heterocycles. The van der Waals surface area contributed by atoms with Crippen molar-refractivity contribution in [2.45, 2.75) is 13.5 Å². The lowest BCUT2D eigenvalue weighted by Gasteiger charge is -2.26. The average molecular weight is 485 g/mol. The number of amides is 5. The van der Waals surface area contributed by atoms with Crippen LogP contribution in [0.2, 0.25) is 0 Å². The number of rotatable bonds is 7. The summed E-state index contributed by atoms with van der Waals surface area (Å²) in [6.45, 7) is 1.58. The summed E-state index contributed by atoms with van der Waals surface area (Å²) in [5, 5.41) is 4.90. The molecule has 0 radical (unpaired) electrons. The van der Waals surface area contributed by atoms with Crippen molar-refractivity contribution < 1.29 is 28.7 Å². The van der Waals surface area contributed by atoms with Gasteiger partial charge in [0.05, 0.1) is 12.8 Å². The van der Waals surface area contributed by atoms with Crippen LogP contribution in [0.15, 0.2) is 78.4 Å². The molecule has 0 unspecified atom stereocenters. The normalized spacial score (nSPS) is 14.4. The molecule has 5 amide bonds. The van der Waals surface area contributed by atoms with Crippen LogP contribution in [0.3, 0.4) is 0 Å². The fourth-order valence-electron chi connectivity index (χ4n) is 3.64. The first kappa shape index (κ1) is 24.2. The van der Waals surface area contributed by atoms with Crippen LogP contribution in [-0.4, -0.2) is 30.9 Å². The zero-order valence-corrected chi connectivity index (χ0v) is 19.6. The number of barbiturate groups is 1. The Bertz CT molecular complexity index is 1350. The molecule has 9 heteroatoms. The summed E-state index contributed by atoms with van der Waals surface area (Å²) in [4.78, 5) is 50.0. The van der Waals surface area contributed by atoms with Gasteiger partial charge in [-0.3, -0.25) is 19.7 Å². The summed E-state index contributed by atoms with van der Waals surface area (Å²) in [6, 6.07) is 19.6. The monoisotopic (exact) mass is 485 g/mol. The van der Waals surface area contributed by atoms with Gasteiger partial charge < -0.3 is 14.8 Å². The maximum absolute atomic E-state index is 13.1. The molecule has 1 heterocycles. The Kier molecular flexibility index (Phi) is 7.10. The molecule has 1 aliphatic rings. The van der Waals surface area contributed by atoms with Gasteiger partial charge in [0.2, 0.25) is 5.91 Å². The lowest BCUT2D eigenvalue weighted by molar-refractivity contribution is -0.122. The first-order valence-corrected chi connectivity index (χ1v) is 11.0. The number of anilines is 2. The van der Waals surface area contributed by atoms with Crippen molar-refractivity contribution in [2.75, 3.05) is 17.3 Å². The smallest absolute Gasteiger partial charge is 0.335 e. The molecule has 3 aromatic carbocycles. The fourth-order valence-corrected chi connectivity index (χ4v) is 3.64. The van der Waals surface area contributed by atoms with Crippen molar-refractivity contribution in [2.24, 2.45) is 0 Å². The predicted octanol–water partition coefficient (Wildman–Crippen LogP) is 3.90. The van der Waals surface area contributed by atoms with Gasteiger partial charge in [-0.05, 0) is 60.2 Å². The molecule has 36 heavy (non-hydrogen) atoms. The van der Waals surface area contributed by atoms with Gasteiger partial charge >= 0.3 is 6.03 Å². The van der Waals surface area contributed by atoms with E-state index in [-0.39, 0.29) is 18.1 Å². The highest BCUT2D eigenvalue weighted by atomic mass is 16.5. The van der Waals surface area contributed by atoms with Crippen molar-refractivity contribution in [3.8, 4) is 11.5 Å². The standard InChI is InChI=1S/C27H23N3O6/c1-17(31)28-20-9-11-22(12-10-20)36-16-19-14-18(8-13-24(19)35-2)15-23-25(32)29-27(34)30(26(23)33)21-6-4-3-5-7-21/h3-15H,16H2,1-2H3,(H,28,31)(H,29,32,34). The number of ether oxygens (including phenoxy) is 2. The minimum atomic E-state index is -0.804. The molecule has 9 nitrogen and oxygen atoms in total. The first-order valence-electron chi connectivity index (χ1n) is 11.0. The van der Waals surface area contributed by atoms with E-state index in [4.69, 9.17) is 9.47 Å². The number of carbonyl (C=O) groups is 4. The molecule has 0 bridgehead atoms. The highest BCUT2D eigenvalue weighted by Gasteiger charge is 2.36. The van der Waals surface area contributed by atoms with Gasteiger partial charge in [0, 0.05) is 18.2 Å². The number of imide groups is 2. The number of hydrogen-bond acceptors (Lipinski definition) is 6. The Labute approximate surface area is 207 Å². The molecule has 0 aromatic heterocycles. The maximum Gasteiger partial charge on any atom is 0.335 e. The molecule has 0 aliphatic carbocycles. The first-order chi connectivity index (χ1) is 17.4. The Morgan fingerprint density at radius 2 is 1.72 bits per heavy atom. The maximum atomic E-state index is 13.1. The minimum Gasteiger partial charge on any atom is -0.496 e. The molecule has 1 aliphatic heterocycles. The van der Waals surface area contributed by atoms with E-state index in [0.29, 0.717) is 34.0 Å². The molecule has 1 fully saturated rings. The Morgan fingerprint density at radius 1 is 1.00 bits per heavy atom. The van der Waals surface area contributed by atoms with Crippen molar-refractivity contribution in [3.05, 3.63) is 89.5 Å². The second-order valence-electron chi connectivity index (χ2n) is 7.86. The summed E-state index contributed by atoms with van der Waals surface area (Å²) in [7, 11) is 1.53. The van der Waals surface area contributed by atoms with Crippen LogP contribution < -0.4 is 25.0 Å². The number of methoxy groups -OCH3 is 1. The van der Waals surface area contributed by atoms with Crippen LogP contribution in [-0.2, 0) is 21.0 Å². The molecule has 0 saturated carbocycles. The molecule has 4 rings (SSSR count). The fraction of sp³-hybridized carbons (Fsp3) is 0.111. The molecule has 2 N–H and O–H groups in total. The topological polar surface area (TPSA) is 114 Å². The molecular weight excluding hydrogens is 462 g/mol. The van der Waals surface area contributed by atoms with E-state index in [1.54, 1.807) is 72.8 Å². The Hall–Kier alpha value is -4.92. The third-order valence-corrected chi connectivity index (χ3v) is 5.30. The van der Waals surface area contributed by atoms with Crippen LogP contribution in [0.1, 0.15) is 18.1 Å². The van der Waals surface area contributed by atoms with Crippen LogP contribution >= 0.6 is 0 Å². The van der Waals surface area contributed by atoms with E-state index < -0.39 is 17.8 Å². The van der Waals surface area contributed by atoms with Crippen molar-refractivity contribution >= 4 is 41.2 Å². The average Bonchev–Trinajstić information content (AvgIpc) is 2.86. The second kappa shape index (κ2) is 10.6. The summed E-state index contributed by atoms with van der Waals surface area (Å²) in [5.74, 6) is -0.519. The third kappa shape index (κ3) is 5.41. The molecule has 0 spiro atoms. The van der Waals surface area contributed by atoms with Crippen molar-refractivity contribution in [1.82, 2.24) is 5.32 Å². The van der Waals surface area contributed by atoms with Gasteiger partial charge in [0.15, 0.2) is 0 Å². The van der Waals surface area contributed by atoms with Crippen molar-refractivity contribution in [3.63, 3.8) is 0 Å². The number of nitrogens with one attached hydrogen (secondary N) is 2. The molecule has 3 aromatic rings. The lowest BCUT2D eigenvalue weighted by Crippen LogP contribution is -2.54. The highest BCUT2D eigenvalue weighted by Crippen LogP contribution is 2.26.